The molecule has 0 unspecified atom stereocenters. The predicted octanol–water partition coefficient (Wildman–Crippen LogP) is 3.24. The molecule has 3 heterocycles. The van der Waals surface area contributed by atoms with Crippen LogP contribution in [0, 0.1) is 13.8 Å². The number of methoxy groups -OCH3 is 1. The van der Waals surface area contributed by atoms with Crippen molar-refractivity contribution in [2.45, 2.75) is 20.4 Å². The molecule has 0 radical (unpaired) electrons. The van der Waals surface area contributed by atoms with Crippen LogP contribution in [0.15, 0.2) is 34.1 Å². The van der Waals surface area contributed by atoms with Crippen LogP contribution >= 0.6 is 11.3 Å². The van der Waals surface area contributed by atoms with Crippen molar-refractivity contribution in [3.8, 4) is 0 Å². The second-order valence-corrected chi connectivity index (χ2v) is 6.38. The quantitative estimate of drug-likeness (QED) is 0.707. The van der Waals surface area contributed by atoms with Gasteiger partial charge in [-0.15, -0.1) is 11.3 Å². The topological polar surface area (TPSA) is 86.4 Å². The van der Waals surface area contributed by atoms with Gasteiger partial charge in [-0.3, -0.25) is 9.48 Å². The van der Waals surface area contributed by atoms with Crippen molar-refractivity contribution in [2.75, 3.05) is 12.4 Å². The minimum Gasteiger partial charge on any atom is -0.465 e. The van der Waals surface area contributed by atoms with Gasteiger partial charge in [-0.05, 0) is 43.5 Å². The third kappa shape index (κ3) is 3.63. The van der Waals surface area contributed by atoms with Crippen molar-refractivity contribution in [3.05, 3.63) is 57.4 Å². The van der Waals surface area contributed by atoms with Gasteiger partial charge in [0.15, 0.2) is 5.76 Å². The average Bonchev–Trinajstić information content (AvgIpc) is 3.28. The molecule has 0 bridgehead atoms. The monoisotopic (exact) mass is 359 g/mol. The number of hydrogen-bond acceptors (Lipinski definition) is 6. The van der Waals surface area contributed by atoms with Crippen LogP contribution in [0.1, 0.15) is 37.4 Å². The van der Waals surface area contributed by atoms with E-state index in [-0.39, 0.29) is 5.76 Å². The van der Waals surface area contributed by atoms with Crippen molar-refractivity contribution in [3.63, 3.8) is 0 Å². The number of esters is 1. The number of anilines is 1. The van der Waals surface area contributed by atoms with Gasteiger partial charge in [0.25, 0.3) is 5.91 Å². The van der Waals surface area contributed by atoms with Crippen LogP contribution in [0.4, 0.5) is 5.69 Å². The van der Waals surface area contributed by atoms with E-state index < -0.39 is 11.9 Å². The van der Waals surface area contributed by atoms with E-state index in [9.17, 15) is 9.59 Å². The SMILES string of the molecule is COC(=O)c1sccc1NC(=O)c1ccc(Cn2nc(C)cc2C)o1. The fourth-order valence-electron chi connectivity index (χ4n) is 2.41. The van der Waals surface area contributed by atoms with Crippen LogP contribution in [-0.4, -0.2) is 28.8 Å². The lowest BCUT2D eigenvalue weighted by Crippen LogP contribution is -2.13. The largest absolute Gasteiger partial charge is 0.465 e. The van der Waals surface area contributed by atoms with Crippen LogP contribution < -0.4 is 5.32 Å². The number of nitrogens with zero attached hydrogens (tertiary/aromatic N) is 2. The number of carbonyl (C=O) groups is 2. The van der Waals surface area contributed by atoms with Gasteiger partial charge in [0.1, 0.15) is 10.6 Å². The summed E-state index contributed by atoms with van der Waals surface area (Å²) in [4.78, 5) is 24.3. The van der Waals surface area contributed by atoms with E-state index in [2.05, 4.69) is 10.4 Å². The first-order valence-electron chi connectivity index (χ1n) is 7.55. The third-order valence-corrected chi connectivity index (χ3v) is 4.47. The number of nitrogens with one attached hydrogen (secondary N) is 1. The minimum atomic E-state index is -0.491. The Kier molecular flexibility index (Phi) is 4.71. The molecular formula is C17H17N3O4S. The molecular weight excluding hydrogens is 342 g/mol. The molecule has 7 nitrogen and oxygen atoms in total. The minimum absolute atomic E-state index is 0.165. The Labute approximate surface area is 148 Å². The number of furan rings is 1. The molecule has 0 spiro atoms. The summed E-state index contributed by atoms with van der Waals surface area (Å²) in [6.45, 7) is 4.32. The van der Waals surface area contributed by atoms with Gasteiger partial charge >= 0.3 is 5.97 Å². The predicted molar refractivity (Wildman–Crippen MR) is 93.1 cm³/mol. The molecule has 1 amide bonds. The molecule has 1 N–H and O–H groups in total. The molecule has 0 aliphatic rings. The summed E-state index contributed by atoms with van der Waals surface area (Å²) in [6.07, 6.45) is 0. The zero-order chi connectivity index (χ0) is 18.0. The van der Waals surface area contributed by atoms with Crippen molar-refractivity contribution in [1.29, 1.82) is 0 Å². The highest BCUT2D eigenvalue weighted by Gasteiger charge is 2.18. The molecule has 25 heavy (non-hydrogen) atoms. The Balaban J connectivity index is 1.72. The lowest BCUT2D eigenvalue weighted by molar-refractivity contribution is 0.0607. The first-order valence-corrected chi connectivity index (χ1v) is 8.43. The summed E-state index contributed by atoms with van der Waals surface area (Å²) in [5.41, 5.74) is 2.34. The molecule has 0 atom stereocenters. The van der Waals surface area contributed by atoms with Crippen molar-refractivity contribution in [2.24, 2.45) is 0 Å². The number of rotatable bonds is 5. The Hall–Kier alpha value is -2.87. The van der Waals surface area contributed by atoms with E-state index in [4.69, 9.17) is 9.15 Å². The van der Waals surface area contributed by atoms with E-state index in [1.807, 2.05) is 24.6 Å². The van der Waals surface area contributed by atoms with Crippen LogP contribution in [0.3, 0.4) is 0 Å². The summed E-state index contributed by atoms with van der Waals surface area (Å²) in [5, 5.41) is 8.74. The molecule has 0 saturated heterocycles. The van der Waals surface area contributed by atoms with Gasteiger partial charge in [-0.2, -0.15) is 5.10 Å². The van der Waals surface area contributed by atoms with E-state index in [0.29, 0.717) is 22.9 Å². The molecule has 8 heteroatoms. The highest BCUT2D eigenvalue weighted by atomic mass is 32.1. The second kappa shape index (κ2) is 6.94. The van der Waals surface area contributed by atoms with Crippen LogP contribution in [0.5, 0.6) is 0 Å². The van der Waals surface area contributed by atoms with Gasteiger partial charge in [-0.25, -0.2) is 4.79 Å². The van der Waals surface area contributed by atoms with E-state index in [1.54, 1.807) is 23.6 Å². The zero-order valence-electron chi connectivity index (χ0n) is 14.0. The van der Waals surface area contributed by atoms with E-state index >= 15 is 0 Å². The van der Waals surface area contributed by atoms with Gasteiger partial charge in [0.05, 0.1) is 25.0 Å². The number of aryl methyl sites for hydroxylation is 2. The Morgan fingerprint density at radius 1 is 1.32 bits per heavy atom. The van der Waals surface area contributed by atoms with Gasteiger partial charge in [0, 0.05) is 5.69 Å². The molecule has 0 aliphatic heterocycles. The smallest absolute Gasteiger partial charge is 0.350 e. The van der Waals surface area contributed by atoms with Crippen LogP contribution in [0.2, 0.25) is 0 Å². The van der Waals surface area contributed by atoms with Crippen LogP contribution in [0.25, 0.3) is 0 Å². The van der Waals surface area contributed by atoms with Gasteiger partial charge in [0.2, 0.25) is 0 Å². The Morgan fingerprint density at radius 2 is 2.12 bits per heavy atom. The average molecular weight is 359 g/mol. The summed E-state index contributed by atoms with van der Waals surface area (Å²) in [6, 6.07) is 6.96. The molecule has 0 saturated carbocycles. The van der Waals surface area contributed by atoms with Gasteiger partial charge < -0.3 is 14.5 Å². The number of thiophene rings is 1. The number of carbonyl (C=O) groups excluding carboxylic acids is 2. The highest BCUT2D eigenvalue weighted by molar-refractivity contribution is 7.12. The van der Waals surface area contributed by atoms with Crippen LogP contribution in [-0.2, 0) is 11.3 Å². The fraction of sp³-hybridized carbons (Fsp3) is 0.235. The normalized spacial score (nSPS) is 10.7. The van der Waals surface area contributed by atoms with E-state index in [1.165, 1.54) is 18.4 Å². The molecule has 130 valence electrons. The Bertz CT molecular complexity index is 922. The second-order valence-electron chi connectivity index (χ2n) is 5.46. The van der Waals surface area contributed by atoms with Crippen molar-refractivity contribution >= 4 is 28.9 Å². The maximum atomic E-state index is 12.3. The first kappa shape index (κ1) is 17.0. The fourth-order valence-corrected chi connectivity index (χ4v) is 3.18. The molecule has 0 aromatic carbocycles. The summed E-state index contributed by atoms with van der Waals surface area (Å²) in [7, 11) is 1.30. The summed E-state index contributed by atoms with van der Waals surface area (Å²) < 4.78 is 12.1. The summed E-state index contributed by atoms with van der Waals surface area (Å²) in [5.74, 6) is -0.133. The molecule has 3 aromatic rings. The third-order valence-electron chi connectivity index (χ3n) is 3.58. The summed E-state index contributed by atoms with van der Waals surface area (Å²) >= 11 is 1.20. The lowest BCUT2D eigenvalue weighted by Gasteiger charge is -2.04. The van der Waals surface area contributed by atoms with E-state index in [0.717, 1.165) is 11.4 Å². The number of hydrogen-bond donors (Lipinski definition) is 1. The number of ether oxygens (including phenoxy) is 1. The first-order chi connectivity index (χ1) is 12.0. The molecule has 3 rings (SSSR count). The highest BCUT2D eigenvalue weighted by Crippen LogP contribution is 2.24. The number of aromatic nitrogens is 2. The zero-order valence-corrected chi connectivity index (χ0v) is 14.8. The molecule has 3 aromatic heterocycles. The lowest BCUT2D eigenvalue weighted by atomic mass is 10.3. The Morgan fingerprint density at radius 3 is 2.80 bits per heavy atom. The maximum Gasteiger partial charge on any atom is 0.350 e. The van der Waals surface area contributed by atoms with Crippen molar-refractivity contribution < 1.29 is 18.7 Å². The maximum absolute atomic E-state index is 12.3. The molecule has 0 fully saturated rings. The van der Waals surface area contributed by atoms with Crippen molar-refractivity contribution in [1.82, 2.24) is 9.78 Å². The standard InChI is InChI=1S/C17H17N3O4S/c1-10-8-11(2)20(19-10)9-12-4-5-14(24-12)16(21)18-13-6-7-25-15(13)17(22)23-3/h4-8H,9H2,1-3H3,(H,18,21). The van der Waals surface area contributed by atoms with Gasteiger partial charge in [-0.1, -0.05) is 0 Å². The molecule has 0 aliphatic carbocycles. The number of amides is 1.